The number of carbonyl (C=O) groups is 1. The molecular weight excluding hydrogens is 269 g/mol. The van der Waals surface area contributed by atoms with E-state index in [1.54, 1.807) is 10.8 Å². The van der Waals surface area contributed by atoms with Crippen molar-refractivity contribution in [2.75, 3.05) is 20.3 Å². The first-order valence-electron chi connectivity index (χ1n) is 4.48. The fraction of sp³-hybridized carbons (Fsp3) is 0.300. The van der Waals surface area contributed by atoms with Crippen molar-refractivity contribution in [3.05, 3.63) is 28.2 Å². The van der Waals surface area contributed by atoms with Crippen molar-refractivity contribution in [1.29, 1.82) is 0 Å². The average molecular weight is 282 g/mol. The van der Waals surface area contributed by atoms with E-state index in [2.05, 4.69) is 4.74 Å². The third kappa shape index (κ3) is 4.33. The number of nitrogens with two attached hydrogens (primary N) is 1. The van der Waals surface area contributed by atoms with Crippen LogP contribution in [0.2, 0.25) is 0 Å². The molecule has 0 saturated carbocycles. The summed E-state index contributed by atoms with van der Waals surface area (Å²) in [5, 5.41) is 3.26. The summed E-state index contributed by atoms with van der Waals surface area (Å²) >= 11 is 1.31. The van der Waals surface area contributed by atoms with Gasteiger partial charge in [0.05, 0.1) is 13.4 Å². The van der Waals surface area contributed by atoms with E-state index in [0.29, 0.717) is 23.2 Å². The minimum atomic E-state index is -0.477. The van der Waals surface area contributed by atoms with E-state index < -0.39 is 5.97 Å². The second-order valence-corrected chi connectivity index (χ2v) is 3.65. The molecule has 0 aliphatic carbocycles. The summed E-state index contributed by atoms with van der Waals surface area (Å²) < 4.78 is 22.0. The molecule has 0 amide bonds. The summed E-state index contributed by atoms with van der Waals surface area (Å²) in [4.78, 5) is 11.3. The summed E-state index contributed by atoms with van der Waals surface area (Å²) in [5.41, 5.74) is 5.93. The zero-order valence-corrected chi connectivity index (χ0v) is 10.8. The molecule has 2 N–H and O–H groups in total. The smallest absolute Gasteiger partial charge is 0.342 e. The van der Waals surface area contributed by atoms with E-state index in [-0.39, 0.29) is 25.6 Å². The van der Waals surface area contributed by atoms with Gasteiger partial charge in [0.1, 0.15) is 17.9 Å². The summed E-state index contributed by atoms with van der Waals surface area (Å²) in [6.07, 6.45) is 0.407. The zero-order valence-electron chi connectivity index (χ0n) is 9.14. The summed E-state index contributed by atoms with van der Waals surface area (Å²) in [7, 11) is 1.29. The zero-order chi connectivity index (χ0) is 12.0. The normalized spacial score (nSPS) is 10.6. The maximum absolute atomic E-state index is 12.2. The van der Waals surface area contributed by atoms with E-state index in [0.717, 1.165) is 0 Å². The highest BCUT2D eigenvalue weighted by Crippen LogP contribution is 2.24. The predicted molar refractivity (Wildman–Crippen MR) is 66.6 cm³/mol. The fourth-order valence-corrected chi connectivity index (χ4v) is 1.70. The minimum absolute atomic E-state index is 0. The number of thiophene rings is 1. The van der Waals surface area contributed by atoms with Crippen LogP contribution in [0.15, 0.2) is 22.7 Å². The van der Waals surface area contributed by atoms with Crippen molar-refractivity contribution >= 4 is 29.7 Å². The first kappa shape index (κ1) is 15.9. The molecular formula is C10H13ClFNO3S. The van der Waals surface area contributed by atoms with E-state index >= 15 is 0 Å². The fourth-order valence-electron chi connectivity index (χ4n) is 0.961. The second-order valence-electron chi connectivity index (χ2n) is 2.90. The molecule has 17 heavy (non-hydrogen) atoms. The van der Waals surface area contributed by atoms with Gasteiger partial charge in [-0.25, -0.2) is 9.18 Å². The molecule has 0 atom stereocenters. The number of hydrogen-bond donors (Lipinski definition) is 1. The van der Waals surface area contributed by atoms with Gasteiger partial charge in [-0.1, -0.05) is 0 Å². The quantitative estimate of drug-likeness (QED) is 0.840. The van der Waals surface area contributed by atoms with E-state index in [1.165, 1.54) is 18.4 Å². The number of hydrogen-bond acceptors (Lipinski definition) is 5. The lowest BCUT2D eigenvalue weighted by Gasteiger charge is -2.07. The number of rotatable bonds is 5. The Morgan fingerprint density at radius 2 is 2.29 bits per heavy atom. The summed E-state index contributed by atoms with van der Waals surface area (Å²) in [6.45, 7) is 0.0991. The monoisotopic (exact) mass is 281 g/mol. The van der Waals surface area contributed by atoms with Crippen molar-refractivity contribution in [3.63, 3.8) is 0 Å². The topological polar surface area (TPSA) is 61.5 Å². The van der Waals surface area contributed by atoms with Gasteiger partial charge in [-0.2, -0.15) is 0 Å². The maximum atomic E-state index is 12.2. The molecule has 1 aromatic heterocycles. The van der Waals surface area contributed by atoms with Crippen LogP contribution in [0, 0.1) is 0 Å². The Morgan fingerprint density at radius 1 is 1.59 bits per heavy atom. The Kier molecular flexibility index (Phi) is 7.53. The van der Waals surface area contributed by atoms with Gasteiger partial charge >= 0.3 is 5.97 Å². The van der Waals surface area contributed by atoms with Gasteiger partial charge in [-0.05, 0) is 0 Å². The van der Waals surface area contributed by atoms with Gasteiger partial charge in [-0.15, -0.1) is 23.7 Å². The SMILES string of the molecule is COC(=O)c1cscc1OC/C(=C/F)CN.Cl. The van der Waals surface area contributed by atoms with Crippen molar-refractivity contribution in [3.8, 4) is 5.75 Å². The van der Waals surface area contributed by atoms with Crippen LogP contribution in [0.4, 0.5) is 4.39 Å². The molecule has 96 valence electrons. The van der Waals surface area contributed by atoms with Crippen LogP contribution >= 0.6 is 23.7 Å². The Balaban J connectivity index is 0.00000256. The lowest BCUT2D eigenvalue weighted by molar-refractivity contribution is 0.0597. The Bertz CT molecular complexity index is 395. The van der Waals surface area contributed by atoms with Crippen LogP contribution in [-0.4, -0.2) is 26.2 Å². The van der Waals surface area contributed by atoms with Crippen LogP contribution < -0.4 is 10.5 Å². The van der Waals surface area contributed by atoms with E-state index in [1.807, 2.05) is 0 Å². The van der Waals surface area contributed by atoms with Gasteiger partial charge in [-0.3, -0.25) is 0 Å². The molecule has 0 fully saturated rings. The van der Waals surface area contributed by atoms with Gasteiger partial charge in [0, 0.05) is 22.9 Å². The molecule has 0 aromatic carbocycles. The first-order chi connectivity index (χ1) is 7.72. The lowest BCUT2D eigenvalue weighted by atomic mass is 10.3. The molecule has 0 saturated heterocycles. The van der Waals surface area contributed by atoms with E-state index in [9.17, 15) is 9.18 Å². The lowest BCUT2D eigenvalue weighted by Crippen LogP contribution is -2.12. The van der Waals surface area contributed by atoms with Crippen LogP contribution in [-0.2, 0) is 4.74 Å². The van der Waals surface area contributed by atoms with Crippen LogP contribution in [0.25, 0.3) is 0 Å². The molecule has 0 radical (unpaired) electrons. The summed E-state index contributed by atoms with van der Waals surface area (Å²) in [6, 6.07) is 0. The molecule has 0 bridgehead atoms. The standard InChI is InChI=1S/C10H12FNO3S.ClH/c1-14-10(13)8-5-16-6-9(8)15-4-7(2-11)3-12;/h2,5-6H,3-4,12H2,1H3;1H/b7-2+;. The van der Waals surface area contributed by atoms with Crippen molar-refractivity contribution in [2.45, 2.75) is 0 Å². The van der Waals surface area contributed by atoms with Gasteiger partial charge in [0.15, 0.2) is 0 Å². The van der Waals surface area contributed by atoms with E-state index in [4.69, 9.17) is 10.5 Å². The third-order valence-electron chi connectivity index (χ3n) is 1.86. The van der Waals surface area contributed by atoms with Crippen molar-refractivity contribution in [2.24, 2.45) is 5.73 Å². The van der Waals surface area contributed by atoms with Crippen LogP contribution in [0.3, 0.4) is 0 Å². The molecule has 7 heteroatoms. The molecule has 0 aliphatic heterocycles. The average Bonchev–Trinajstić information content (AvgIpc) is 2.77. The largest absolute Gasteiger partial charge is 0.487 e. The molecule has 1 heterocycles. The Labute approximate surface area is 109 Å². The van der Waals surface area contributed by atoms with Crippen LogP contribution in [0.1, 0.15) is 10.4 Å². The number of ether oxygens (including phenoxy) is 2. The predicted octanol–water partition coefficient (Wildman–Crippen LogP) is 2.15. The maximum Gasteiger partial charge on any atom is 0.342 e. The Morgan fingerprint density at radius 3 is 2.82 bits per heavy atom. The number of methoxy groups -OCH3 is 1. The second kappa shape index (κ2) is 8.05. The molecule has 1 rings (SSSR count). The van der Waals surface area contributed by atoms with Crippen LogP contribution in [0.5, 0.6) is 5.75 Å². The Hall–Kier alpha value is -1.11. The third-order valence-corrected chi connectivity index (χ3v) is 2.58. The number of esters is 1. The molecule has 0 spiro atoms. The first-order valence-corrected chi connectivity index (χ1v) is 5.42. The van der Waals surface area contributed by atoms with Crippen molar-refractivity contribution < 1.29 is 18.7 Å². The highest BCUT2D eigenvalue weighted by Gasteiger charge is 2.14. The molecule has 1 aromatic rings. The summed E-state index contributed by atoms with van der Waals surface area (Å²) in [5.74, 6) is -0.0978. The molecule has 4 nitrogen and oxygen atoms in total. The minimum Gasteiger partial charge on any atom is -0.487 e. The number of carbonyl (C=O) groups excluding carboxylic acids is 1. The van der Waals surface area contributed by atoms with Gasteiger partial charge in [0.2, 0.25) is 0 Å². The molecule has 0 aliphatic rings. The van der Waals surface area contributed by atoms with Crippen molar-refractivity contribution in [1.82, 2.24) is 0 Å². The van der Waals surface area contributed by atoms with Gasteiger partial charge < -0.3 is 15.2 Å². The molecule has 0 unspecified atom stereocenters. The highest BCUT2D eigenvalue weighted by molar-refractivity contribution is 7.08. The van der Waals surface area contributed by atoms with Gasteiger partial charge in [0.25, 0.3) is 0 Å². The number of halogens is 2. The highest BCUT2D eigenvalue weighted by atomic mass is 35.5.